The van der Waals surface area contributed by atoms with E-state index < -0.39 is 0 Å². The number of methoxy groups -OCH3 is 1. The second-order valence-corrected chi connectivity index (χ2v) is 5.09. The zero-order chi connectivity index (χ0) is 15.1. The van der Waals surface area contributed by atoms with Gasteiger partial charge in [-0.1, -0.05) is 6.92 Å². The summed E-state index contributed by atoms with van der Waals surface area (Å²) in [6.45, 7) is 5.22. The first-order chi connectivity index (χ1) is 10.3. The summed E-state index contributed by atoms with van der Waals surface area (Å²) in [6.07, 6.45) is 3.05. The lowest BCUT2D eigenvalue weighted by Gasteiger charge is -2.08. The number of hydrogen-bond acceptors (Lipinski definition) is 4. The normalized spacial score (nSPS) is 11.3. The SMILES string of the molecule is CCc1nc2cc(N)ccc2n1CCCCOCCOC. The van der Waals surface area contributed by atoms with Gasteiger partial charge in [-0.05, 0) is 31.0 Å². The number of anilines is 1. The van der Waals surface area contributed by atoms with Crippen molar-refractivity contribution in [2.45, 2.75) is 32.7 Å². The largest absolute Gasteiger partial charge is 0.399 e. The molecular weight excluding hydrogens is 266 g/mol. The standard InChI is InChI=1S/C16H25N3O2/c1-3-16-18-14-12-13(17)6-7-15(14)19(16)8-4-5-9-21-11-10-20-2/h6-7,12H,3-5,8-11,17H2,1-2H3. The van der Waals surface area contributed by atoms with Gasteiger partial charge < -0.3 is 19.8 Å². The summed E-state index contributed by atoms with van der Waals surface area (Å²) in [7, 11) is 1.69. The van der Waals surface area contributed by atoms with E-state index in [1.54, 1.807) is 7.11 Å². The van der Waals surface area contributed by atoms with E-state index in [4.69, 9.17) is 15.2 Å². The lowest BCUT2D eigenvalue weighted by atomic mass is 10.2. The molecule has 5 heteroatoms. The Kier molecular flexibility index (Phi) is 6.02. The van der Waals surface area contributed by atoms with Gasteiger partial charge in [0.2, 0.25) is 0 Å². The topological polar surface area (TPSA) is 62.3 Å². The molecule has 0 aliphatic carbocycles. The molecule has 0 saturated heterocycles. The Labute approximate surface area is 126 Å². The van der Waals surface area contributed by atoms with Crippen LogP contribution in [0.3, 0.4) is 0 Å². The number of nitrogens with zero attached hydrogens (tertiary/aromatic N) is 2. The number of imidazole rings is 1. The second-order valence-electron chi connectivity index (χ2n) is 5.09. The van der Waals surface area contributed by atoms with Crippen molar-refractivity contribution in [3.8, 4) is 0 Å². The quantitative estimate of drug-likeness (QED) is 0.570. The van der Waals surface area contributed by atoms with Gasteiger partial charge in [-0.25, -0.2) is 4.98 Å². The highest BCUT2D eigenvalue weighted by Gasteiger charge is 2.09. The fraction of sp³-hybridized carbons (Fsp3) is 0.562. The number of aromatic nitrogens is 2. The van der Waals surface area contributed by atoms with Gasteiger partial charge in [0.25, 0.3) is 0 Å². The summed E-state index contributed by atoms with van der Waals surface area (Å²) in [4.78, 5) is 4.67. The molecular formula is C16H25N3O2. The van der Waals surface area contributed by atoms with E-state index in [9.17, 15) is 0 Å². The number of fused-ring (bicyclic) bond motifs is 1. The average molecular weight is 291 g/mol. The van der Waals surface area contributed by atoms with E-state index in [2.05, 4.69) is 22.5 Å². The molecule has 1 heterocycles. The molecule has 1 aromatic heterocycles. The van der Waals surface area contributed by atoms with Crippen LogP contribution in [0.15, 0.2) is 18.2 Å². The second kappa shape index (κ2) is 8.00. The maximum atomic E-state index is 5.83. The summed E-state index contributed by atoms with van der Waals surface area (Å²) in [6, 6.07) is 5.94. The summed E-state index contributed by atoms with van der Waals surface area (Å²) in [5, 5.41) is 0. The van der Waals surface area contributed by atoms with Crippen LogP contribution < -0.4 is 5.73 Å². The third kappa shape index (κ3) is 4.19. The zero-order valence-corrected chi connectivity index (χ0v) is 13.0. The van der Waals surface area contributed by atoms with E-state index >= 15 is 0 Å². The van der Waals surface area contributed by atoms with Gasteiger partial charge in [0.05, 0.1) is 24.2 Å². The van der Waals surface area contributed by atoms with Gasteiger partial charge in [-0.3, -0.25) is 0 Å². The maximum Gasteiger partial charge on any atom is 0.109 e. The highest BCUT2D eigenvalue weighted by Crippen LogP contribution is 2.20. The molecule has 116 valence electrons. The number of rotatable bonds is 9. The monoisotopic (exact) mass is 291 g/mol. The number of aryl methyl sites for hydroxylation is 2. The Morgan fingerprint density at radius 3 is 2.81 bits per heavy atom. The van der Waals surface area contributed by atoms with Crippen LogP contribution in [-0.4, -0.2) is 36.5 Å². The molecule has 0 amide bonds. The maximum absolute atomic E-state index is 5.83. The van der Waals surface area contributed by atoms with Crippen molar-refractivity contribution in [1.29, 1.82) is 0 Å². The van der Waals surface area contributed by atoms with Crippen molar-refractivity contribution >= 4 is 16.7 Å². The molecule has 0 aliphatic rings. The van der Waals surface area contributed by atoms with Gasteiger partial charge in [-0.15, -0.1) is 0 Å². The number of nitrogens with two attached hydrogens (primary N) is 1. The first-order valence-electron chi connectivity index (χ1n) is 7.57. The molecule has 2 N–H and O–H groups in total. The number of ether oxygens (including phenoxy) is 2. The zero-order valence-electron chi connectivity index (χ0n) is 13.0. The molecule has 2 aromatic rings. The minimum Gasteiger partial charge on any atom is -0.399 e. The van der Waals surface area contributed by atoms with E-state index in [1.807, 2.05) is 12.1 Å². The number of benzene rings is 1. The van der Waals surface area contributed by atoms with Crippen molar-refractivity contribution in [3.05, 3.63) is 24.0 Å². The molecule has 0 unspecified atom stereocenters. The molecule has 0 atom stereocenters. The summed E-state index contributed by atoms with van der Waals surface area (Å²) in [5.41, 5.74) is 8.75. The lowest BCUT2D eigenvalue weighted by molar-refractivity contribution is 0.0684. The number of unbranched alkanes of at least 4 members (excludes halogenated alkanes) is 1. The summed E-state index contributed by atoms with van der Waals surface area (Å²) >= 11 is 0. The third-order valence-corrected chi connectivity index (χ3v) is 3.52. The van der Waals surface area contributed by atoms with E-state index in [1.165, 1.54) is 5.52 Å². The highest BCUT2D eigenvalue weighted by molar-refractivity contribution is 5.79. The predicted octanol–water partition coefficient (Wildman–Crippen LogP) is 2.62. The Morgan fingerprint density at radius 2 is 2.05 bits per heavy atom. The van der Waals surface area contributed by atoms with Crippen molar-refractivity contribution in [3.63, 3.8) is 0 Å². The smallest absolute Gasteiger partial charge is 0.109 e. The Hall–Kier alpha value is -1.59. The minimum atomic E-state index is 0.660. The molecule has 0 aliphatic heterocycles. The Balaban J connectivity index is 1.91. The summed E-state index contributed by atoms with van der Waals surface area (Å²) in [5.74, 6) is 1.12. The minimum absolute atomic E-state index is 0.660. The van der Waals surface area contributed by atoms with E-state index in [0.717, 1.165) is 49.4 Å². The average Bonchev–Trinajstić information content (AvgIpc) is 2.83. The molecule has 0 saturated carbocycles. The van der Waals surface area contributed by atoms with Crippen LogP contribution in [0.25, 0.3) is 11.0 Å². The van der Waals surface area contributed by atoms with Gasteiger partial charge in [-0.2, -0.15) is 0 Å². The first-order valence-corrected chi connectivity index (χ1v) is 7.57. The van der Waals surface area contributed by atoms with Crippen LogP contribution in [0.2, 0.25) is 0 Å². The molecule has 2 rings (SSSR count). The molecule has 21 heavy (non-hydrogen) atoms. The number of nitrogen functional groups attached to an aromatic ring is 1. The fourth-order valence-corrected chi connectivity index (χ4v) is 2.43. The van der Waals surface area contributed by atoms with Crippen LogP contribution >= 0.6 is 0 Å². The van der Waals surface area contributed by atoms with Crippen LogP contribution in [0.1, 0.15) is 25.6 Å². The fourth-order valence-electron chi connectivity index (χ4n) is 2.43. The summed E-state index contributed by atoms with van der Waals surface area (Å²) < 4.78 is 12.7. The number of hydrogen-bond donors (Lipinski definition) is 1. The molecule has 0 fully saturated rings. The predicted molar refractivity (Wildman–Crippen MR) is 85.5 cm³/mol. The van der Waals surface area contributed by atoms with Crippen molar-refractivity contribution < 1.29 is 9.47 Å². The van der Waals surface area contributed by atoms with Crippen molar-refractivity contribution in [2.24, 2.45) is 0 Å². The van der Waals surface area contributed by atoms with Gasteiger partial charge in [0.15, 0.2) is 0 Å². The first kappa shape index (κ1) is 15.8. The Bertz CT molecular complexity index is 566. The van der Waals surface area contributed by atoms with Crippen molar-refractivity contribution in [1.82, 2.24) is 9.55 Å². The van der Waals surface area contributed by atoms with Gasteiger partial charge in [0.1, 0.15) is 5.82 Å². The molecule has 0 radical (unpaired) electrons. The van der Waals surface area contributed by atoms with Gasteiger partial charge >= 0.3 is 0 Å². The van der Waals surface area contributed by atoms with Crippen LogP contribution in [0.5, 0.6) is 0 Å². The van der Waals surface area contributed by atoms with E-state index in [0.29, 0.717) is 13.2 Å². The van der Waals surface area contributed by atoms with Crippen LogP contribution in [0, 0.1) is 0 Å². The van der Waals surface area contributed by atoms with Crippen LogP contribution in [0.4, 0.5) is 5.69 Å². The third-order valence-electron chi connectivity index (χ3n) is 3.52. The molecule has 0 bridgehead atoms. The lowest BCUT2D eigenvalue weighted by Crippen LogP contribution is -2.06. The highest BCUT2D eigenvalue weighted by atomic mass is 16.5. The van der Waals surface area contributed by atoms with E-state index in [-0.39, 0.29) is 0 Å². The molecule has 1 aromatic carbocycles. The molecule has 0 spiro atoms. The van der Waals surface area contributed by atoms with Crippen molar-refractivity contribution in [2.75, 3.05) is 32.7 Å². The van der Waals surface area contributed by atoms with Crippen LogP contribution in [-0.2, 0) is 22.4 Å². The molecule has 5 nitrogen and oxygen atoms in total. The van der Waals surface area contributed by atoms with Gasteiger partial charge in [0, 0.05) is 32.4 Å². The Morgan fingerprint density at radius 1 is 1.19 bits per heavy atom.